The lowest BCUT2D eigenvalue weighted by Gasteiger charge is -2.25. The van der Waals surface area contributed by atoms with E-state index in [0.29, 0.717) is 18.8 Å². The lowest BCUT2D eigenvalue weighted by molar-refractivity contribution is 0.0571. The third-order valence-electron chi connectivity index (χ3n) is 3.03. The molecule has 18 heavy (non-hydrogen) atoms. The van der Waals surface area contributed by atoms with Gasteiger partial charge < -0.3 is 24.6 Å². The molecule has 1 saturated heterocycles. The van der Waals surface area contributed by atoms with Crippen molar-refractivity contribution in [3.8, 4) is 0 Å². The fourth-order valence-electron chi connectivity index (χ4n) is 2.00. The SMILES string of the molecule is COCc1cc(C(=O)N(C)[C@@H]2CNC[C@H]2O)no1. The van der Waals surface area contributed by atoms with Crippen molar-refractivity contribution in [3.63, 3.8) is 0 Å². The summed E-state index contributed by atoms with van der Waals surface area (Å²) in [5.74, 6) is 0.230. The number of hydrogen-bond acceptors (Lipinski definition) is 6. The number of aromatic nitrogens is 1. The van der Waals surface area contributed by atoms with E-state index in [0.717, 1.165) is 0 Å². The van der Waals surface area contributed by atoms with E-state index in [9.17, 15) is 9.90 Å². The van der Waals surface area contributed by atoms with Gasteiger partial charge in [-0.25, -0.2) is 0 Å². The highest BCUT2D eigenvalue weighted by Gasteiger charge is 2.32. The number of carbonyl (C=O) groups excluding carboxylic acids is 1. The van der Waals surface area contributed by atoms with Gasteiger partial charge in [0.2, 0.25) is 0 Å². The summed E-state index contributed by atoms with van der Waals surface area (Å²) in [6, 6.07) is 1.32. The highest BCUT2D eigenvalue weighted by atomic mass is 16.5. The number of aliphatic hydroxyl groups excluding tert-OH is 1. The predicted molar refractivity (Wildman–Crippen MR) is 62.0 cm³/mol. The van der Waals surface area contributed by atoms with Gasteiger partial charge in [0.15, 0.2) is 11.5 Å². The zero-order valence-corrected chi connectivity index (χ0v) is 10.4. The molecule has 1 aromatic rings. The molecule has 0 spiro atoms. The van der Waals surface area contributed by atoms with E-state index in [4.69, 9.17) is 9.26 Å². The number of nitrogens with one attached hydrogen (secondary N) is 1. The van der Waals surface area contributed by atoms with E-state index in [1.54, 1.807) is 13.1 Å². The maximum absolute atomic E-state index is 12.1. The molecule has 1 fully saturated rings. The highest BCUT2D eigenvalue weighted by Crippen LogP contribution is 2.13. The molecule has 1 aliphatic heterocycles. The van der Waals surface area contributed by atoms with Crippen LogP contribution in [0, 0.1) is 0 Å². The standard InChI is InChI=1S/C11H17N3O4/c1-14(9-4-12-5-10(9)15)11(16)8-3-7(6-17-2)18-13-8/h3,9-10,12,15H,4-6H2,1-2H3/t9-,10-/m1/s1. The van der Waals surface area contributed by atoms with Crippen molar-refractivity contribution in [1.82, 2.24) is 15.4 Å². The van der Waals surface area contributed by atoms with E-state index in [-0.39, 0.29) is 24.2 Å². The number of amides is 1. The molecule has 2 heterocycles. The molecule has 7 nitrogen and oxygen atoms in total. The van der Waals surface area contributed by atoms with Crippen molar-refractivity contribution in [3.05, 3.63) is 17.5 Å². The Morgan fingerprint density at radius 1 is 1.72 bits per heavy atom. The van der Waals surface area contributed by atoms with Gasteiger partial charge in [0.25, 0.3) is 5.91 Å². The Balaban J connectivity index is 2.05. The number of ether oxygens (including phenoxy) is 1. The van der Waals surface area contributed by atoms with Gasteiger partial charge in [0.05, 0.1) is 12.1 Å². The van der Waals surface area contributed by atoms with Crippen molar-refractivity contribution in [2.45, 2.75) is 18.8 Å². The first-order valence-electron chi connectivity index (χ1n) is 5.74. The minimum Gasteiger partial charge on any atom is -0.390 e. The van der Waals surface area contributed by atoms with Crippen LogP contribution >= 0.6 is 0 Å². The third kappa shape index (κ3) is 2.53. The summed E-state index contributed by atoms with van der Waals surface area (Å²) in [6.45, 7) is 1.35. The molecular weight excluding hydrogens is 238 g/mol. The van der Waals surface area contributed by atoms with Crippen LogP contribution in [0.4, 0.5) is 0 Å². The fourth-order valence-corrected chi connectivity index (χ4v) is 2.00. The quantitative estimate of drug-likeness (QED) is 0.734. The van der Waals surface area contributed by atoms with Crippen molar-refractivity contribution in [2.24, 2.45) is 0 Å². The van der Waals surface area contributed by atoms with Crippen molar-refractivity contribution in [2.75, 3.05) is 27.2 Å². The van der Waals surface area contributed by atoms with E-state index < -0.39 is 6.10 Å². The average molecular weight is 255 g/mol. The Labute approximate surface area is 105 Å². The van der Waals surface area contributed by atoms with Gasteiger partial charge in [-0.05, 0) is 0 Å². The Bertz CT molecular complexity index is 420. The molecule has 2 atom stereocenters. The van der Waals surface area contributed by atoms with E-state index in [2.05, 4.69) is 10.5 Å². The maximum atomic E-state index is 12.1. The lowest BCUT2D eigenvalue weighted by atomic mass is 10.2. The van der Waals surface area contributed by atoms with E-state index in [1.807, 2.05) is 0 Å². The lowest BCUT2D eigenvalue weighted by Crippen LogP contribution is -2.44. The van der Waals surface area contributed by atoms with Crippen molar-refractivity contribution < 1.29 is 19.2 Å². The summed E-state index contributed by atoms with van der Waals surface area (Å²) < 4.78 is 9.85. The van der Waals surface area contributed by atoms with Crippen LogP contribution in [0.25, 0.3) is 0 Å². The third-order valence-corrected chi connectivity index (χ3v) is 3.03. The van der Waals surface area contributed by atoms with Crippen LogP contribution in [0.3, 0.4) is 0 Å². The van der Waals surface area contributed by atoms with Crippen LogP contribution < -0.4 is 5.32 Å². The van der Waals surface area contributed by atoms with Gasteiger partial charge in [0, 0.05) is 33.3 Å². The minimum atomic E-state index is -0.552. The monoisotopic (exact) mass is 255 g/mol. The number of aliphatic hydroxyl groups is 1. The summed E-state index contributed by atoms with van der Waals surface area (Å²) in [5.41, 5.74) is 0.226. The first kappa shape index (κ1) is 13.0. The zero-order chi connectivity index (χ0) is 13.1. The molecule has 0 aromatic carbocycles. The van der Waals surface area contributed by atoms with Gasteiger partial charge >= 0.3 is 0 Å². The molecule has 7 heteroatoms. The number of β-amino-alcohol motifs (C(OH)–C–C–N with tert-alkyl or cyclic N) is 1. The number of rotatable bonds is 4. The number of nitrogens with zero attached hydrogens (tertiary/aromatic N) is 2. The van der Waals surface area contributed by atoms with Gasteiger partial charge in [-0.1, -0.05) is 5.16 Å². The summed E-state index contributed by atoms with van der Waals surface area (Å²) in [6.07, 6.45) is -0.552. The molecule has 1 aliphatic rings. The summed E-state index contributed by atoms with van der Waals surface area (Å²) in [7, 11) is 3.19. The second-order valence-corrected chi connectivity index (χ2v) is 4.32. The topological polar surface area (TPSA) is 87.8 Å². The molecule has 0 aliphatic carbocycles. The average Bonchev–Trinajstić information content (AvgIpc) is 2.97. The number of methoxy groups -OCH3 is 1. The number of carbonyl (C=O) groups is 1. The Hall–Kier alpha value is -1.44. The second kappa shape index (κ2) is 5.47. The Morgan fingerprint density at radius 2 is 2.50 bits per heavy atom. The Morgan fingerprint density at radius 3 is 3.11 bits per heavy atom. The minimum absolute atomic E-state index is 0.226. The smallest absolute Gasteiger partial charge is 0.276 e. The first-order chi connectivity index (χ1) is 8.63. The van der Waals surface area contributed by atoms with Gasteiger partial charge in [0.1, 0.15) is 6.61 Å². The van der Waals surface area contributed by atoms with Crippen LogP contribution in [0.15, 0.2) is 10.6 Å². The van der Waals surface area contributed by atoms with Crippen LogP contribution in [0.5, 0.6) is 0 Å². The largest absolute Gasteiger partial charge is 0.390 e. The van der Waals surface area contributed by atoms with Gasteiger partial charge in [-0.2, -0.15) is 0 Å². The molecule has 2 N–H and O–H groups in total. The first-order valence-corrected chi connectivity index (χ1v) is 5.74. The molecule has 0 saturated carbocycles. The van der Waals surface area contributed by atoms with E-state index in [1.165, 1.54) is 12.0 Å². The van der Waals surface area contributed by atoms with E-state index >= 15 is 0 Å². The molecule has 0 radical (unpaired) electrons. The van der Waals surface area contributed by atoms with Crippen molar-refractivity contribution in [1.29, 1.82) is 0 Å². The van der Waals surface area contributed by atoms with Gasteiger partial charge in [-0.15, -0.1) is 0 Å². The van der Waals surface area contributed by atoms with Crippen LogP contribution in [0.2, 0.25) is 0 Å². The van der Waals surface area contributed by atoms with Gasteiger partial charge in [-0.3, -0.25) is 4.79 Å². The molecule has 1 amide bonds. The van der Waals surface area contributed by atoms with Crippen LogP contribution in [-0.2, 0) is 11.3 Å². The zero-order valence-electron chi connectivity index (χ0n) is 10.4. The summed E-state index contributed by atoms with van der Waals surface area (Å²) in [4.78, 5) is 13.6. The predicted octanol–water partition coefficient (Wildman–Crippen LogP) is -0.774. The second-order valence-electron chi connectivity index (χ2n) is 4.32. The highest BCUT2D eigenvalue weighted by molar-refractivity contribution is 5.92. The van der Waals surface area contributed by atoms with Crippen molar-refractivity contribution >= 4 is 5.91 Å². The molecule has 2 rings (SSSR count). The maximum Gasteiger partial charge on any atom is 0.276 e. The molecular formula is C11H17N3O4. The molecule has 0 bridgehead atoms. The van der Waals surface area contributed by atoms with Crippen LogP contribution in [-0.4, -0.2) is 60.5 Å². The Kier molecular flexibility index (Phi) is 3.95. The van der Waals surface area contributed by atoms with Crippen LogP contribution in [0.1, 0.15) is 16.2 Å². The fraction of sp³-hybridized carbons (Fsp3) is 0.636. The molecule has 0 unspecified atom stereocenters. The molecule has 1 aromatic heterocycles. The normalized spacial score (nSPS) is 23.3. The summed E-state index contributed by atoms with van der Waals surface area (Å²) >= 11 is 0. The molecule has 100 valence electrons. The number of likely N-dealkylation sites (N-methyl/N-ethyl adjacent to an activating group) is 1. The number of hydrogen-bond donors (Lipinski definition) is 2. The summed E-state index contributed by atoms with van der Waals surface area (Å²) in [5, 5.41) is 16.5.